The number of nitrogens with one attached hydrogen (secondary N) is 1. The third kappa shape index (κ3) is 1.40. The van der Waals surface area contributed by atoms with Crippen LogP contribution in [0, 0.1) is 5.41 Å². The molecule has 2 aliphatic rings. The Morgan fingerprint density at radius 1 is 1.35 bits per heavy atom. The van der Waals surface area contributed by atoms with Crippen molar-refractivity contribution in [2.45, 2.75) is 31.7 Å². The molecule has 0 radical (unpaired) electrons. The molecule has 0 aromatic heterocycles. The van der Waals surface area contributed by atoms with Gasteiger partial charge < -0.3 is 10.1 Å². The molecule has 1 aliphatic heterocycles. The lowest BCUT2D eigenvalue weighted by Crippen LogP contribution is -2.57. The lowest BCUT2D eigenvalue weighted by Gasteiger charge is -2.48. The molecule has 2 nitrogen and oxygen atoms in total. The predicted octanol–water partition coefficient (Wildman–Crippen LogP) is 2.47. The molecule has 1 fully saturated rings. The normalized spacial score (nSPS) is 35.4. The van der Waals surface area contributed by atoms with Crippen molar-refractivity contribution < 1.29 is 4.74 Å². The molecule has 1 aromatic rings. The van der Waals surface area contributed by atoms with E-state index in [1.165, 1.54) is 24.0 Å². The van der Waals surface area contributed by atoms with Gasteiger partial charge in [0.1, 0.15) is 0 Å². The third-order valence-corrected chi connectivity index (χ3v) is 4.88. The zero-order valence-electron chi connectivity index (χ0n) is 10.8. The van der Waals surface area contributed by atoms with Gasteiger partial charge in [0.2, 0.25) is 0 Å². The van der Waals surface area contributed by atoms with E-state index in [4.69, 9.17) is 4.74 Å². The third-order valence-electron chi connectivity index (χ3n) is 4.88. The lowest BCUT2D eigenvalue weighted by molar-refractivity contribution is -0.0122. The van der Waals surface area contributed by atoms with Gasteiger partial charge in [0, 0.05) is 18.1 Å². The summed E-state index contributed by atoms with van der Waals surface area (Å²) >= 11 is 0. The summed E-state index contributed by atoms with van der Waals surface area (Å²) in [5.41, 5.74) is 3.33. The van der Waals surface area contributed by atoms with Crippen molar-refractivity contribution in [2.75, 3.05) is 20.3 Å². The van der Waals surface area contributed by atoms with Gasteiger partial charge in [-0.15, -0.1) is 0 Å². The fraction of sp³-hybridized carbons (Fsp3) is 0.600. The number of hydrogen-bond acceptors (Lipinski definition) is 2. The quantitative estimate of drug-likeness (QED) is 0.844. The van der Waals surface area contributed by atoms with Crippen LogP contribution in [0.5, 0.6) is 0 Å². The molecule has 1 saturated heterocycles. The van der Waals surface area contributed by atoms with E-state index in [-0.39, 0.29) is 11.0 Å². The second kappa shape index (κ2) is 3.82. The molecule has 0 unspecified atom stereocenters. The zero-order chi connectivity index (χ0) is 11.9. The van der Waals surface area contributed by atoms with Crippen LogP contribution < -0.4 is 5.32 Å². The van der Waals surface area contributed by atoms with E-state index >= 15 is 0 Å². The van der Waals surface area contributed by atoms with Crippen molar-refractivity contribution in [2.24, 2.45) is 5.41 Å². The van der Waals surface area contributed by atoms with Crippen LogP contribution in [0.4, 0.5) is 0 Å². The van der Waals surface area contributed by atoms with Crippen LogP contribution in [0.25, 0.3) is 0 Å². The summed E-state index contributed by atoms with van der Waals surface area (Å²) in [6.07, 6.45) is 3.67. The lowest BCUT2D eigenvalue weighted by atomic mass is 9.66. The molecule has 1 aliphatic carbocycles. The Morgan fingerprint density at radius 2 is 2.18 bits per heavy atom. The van der Waals surface area contributed by atoms with Crippen LogP contribution in [-0.2, 0) is 16.7 Å². The molecular weight excluding hydrogens is 210 g/mol. The van der Waals surface area contributed by atoms with Gasteiger partial charge in [-0.3, -0.25) is 0 Å². The minimum absolute atomic E-state index is 0.0951. The monoisotopic (exact) mass is 231 g/mol. The highest BCUT2D eigenvalue weighted by Crippen LogP contribution is 2.54. The van der Waals surface area contributed by atoms with Gasteiger partial charge in [-0.25, -0.2) is 0 Å². The van der Waals surface area contributed by atoms with Crippen molar-refractivity contribution in [1.29, 1.82) is 0 Å². The Balaban J connectivity index is 2.10. The first kappa shape index (κ1) is 11.2. The van der Waals surface area contributed by atoms with Crippen molar-refractivity contribution in [3.05, 3.63) is 35.4 Å². The number of benzene rings is 1. The van der Waals surface area contributed by atoms with Crippen LogP contribution in [0.1, 0.15) is 30.9 Å². The predicted molar refractivity (Wildman–Crippen MR) is 69.0 cm³/mol. The summed E-state index contributed by atoms with van der Waals surface area (Å²) in [5.74, 6) is 0. The van der Waals surface area contributed by atoms with Crippen LogP contribution in [-0.4, -0.2) is 20.3 Å². The molecule has 1 N–H and O–H groups in total. The van der Waals surface area contributed by atoms with Gasteiger partial charge in [-0.1, -0.05) is 24.3 Å². The Hall–Kier alpha value is -0.860. The fourth-order valence-corrected chi connectivity index (χ4v) is 3.92. The highest BCUT2D eigenvalue weighted by Gasteiger charge is 2.55. The zero-order valence-corrected chi connectivity index (χ0v) is 10.8. The van der Waals surface area contributed by atoms with Crippen molar-refractivity contribution in [1.82, 2.24) is 5.32 Å². The maximum absolute atomic E-state index is 5.54. The van der Waals surface area contributed by atoms with Gasteiger partial charge >= 0.3 is 0 Å². The molecule has 0 saturated carbocycles. The van der Waals surface area contributed by atoms with E-state index in [0.29, 0.717) is 0 Å². The van der Waals surface area contributed by atoms with E-state index in [1.807, 2.05) is 7.11 Å². The molecule has 1 heterocycles. The molecular formula is C15H21NO. The SMILES string of the molecule is COC[C@]12CCCN[C@@]1(C)c1ccccc1C2. The second-order valence-corrected chi connectivity index (χ2v) is 5.70. The van der Waals surface area contributed by atoms with Crippen LogP contribution >= 0.6 is 0 Å². The molecule has 2 atom stereocenters. The highest BCUT2D eigenvalue weighted by molar-refractivity contribution is 5.43. The van der Waals surface area contributed by atoms with Crippen molar-refractivity contribution >= 4 is 0 Å². The summed E-state index contributed by atoms with van der Waals surface area (Å²) in [5, 5.41) is 3.76. The Bertz CT molecular complexity index is 427. The minimum Gasteiger partial charge on any atom is -0.384 e. The first-order valence-electron chi connectivity index (χ1n) is 6.54. The smallest absolute Gasteiger partial charge is 0.0542 e. The fourth-order valence-electron chi connectivity index (χ4n) is 3.92. The minimum atomic E-state index is 0.0951. The molecule has 0 bridgehead atoms. The van der Waals surface area contributed by atoms with E-state index < -0.39 is 0 Å². The number of fused-ring (bicyclic) bond motifs is 3. The van der Waals surface area contributed by atoms with Gasteiger partial charge in [0.25, 0.3) is 0 Å². The van der Waals surface area contributed by atoms with Gasteiger partial charge in [-0.2, -0.15) is 0 Å². The number of rotatable bonds is 2. The maximum Gasteiger partial charge on any atom is 0.0542 e. The summed E-state index contributed by atoms with van der Waals surface area (Å²) < 4.78 is 5.54. The van der Waals surface area contributed by atoms with Crippen LogP contribution in [0.2, 0.25) is 0 Å². The largest absolute Gasteiger partial charge is 0.384 e. The van der Waals surface area contributed by atoms with Gasteiger partial charge in [-0.05, 0) is 43.9 Å². The maximum atomic E-state index is 5.54. The average molecular weight is 231 g/mol. The van der Waals surface area contributed by atoms with Crippen LogP contribution in [0.3, 0.4) is 0 Å². The van der Waals surface area contributed by atoms with Gasteiger partial charge in [0.15, 0.2) is 0 Å². The van der Waals surface area contributed by atoms with Gasteiger partial charge in [0.05, 0.1) is 6.61 Å². The molecule has 0 spiro atoms. The molecule has 92 valence electrons. The average Bonchev–Trinajstić information content (AvgIpc) is 2.59. The summed E-state index contributed by atoms with van der Waals surface area (Å²) in [4.78, 5) is 0. The number of hydrogen-bond donors (Lipinski definition) is 1. The molecule has 0 amide bonds. The highest BCUT2D eigenvalue weighted by atomic mass is 16.5. The molecule has 2 heteroatoms. The Labute approximate surface area is 103 Å². The second-order valence-electron chi connectivity index (χ2n) is 5.70. The summed E-state index contributed by atoms with van der Waals surface area (Å²) in [7, 11) is 1.83. The topological polar surface area (TPSA) is 21.3 Å². The Kier molecular flexibility index (Phi) is 2.53. The number of piperidine rings is 1. The van der Waals surface area contributed by atoms with Crippen molar-refractivity contribution in [3.8, 4) is 0 Å². The van der Waals surface area contributed by atoms with Crippen LogP contribution in [0.15, 0.2) is 24.3 Å². The molecule has 17 heavy (non-hydrogen) atoms. The molecule has 1 aromatic carbocycles. The van der Waals surface area contributed by atoms with E-state index in [1.54, 1.807) is 0 Å². The van der Waals surface area contributed by atoms with E-state index in [2.05, 4.69) is 36.5 Å². The standard InChI is InChI=1S/C15H21NO/c1-14-13-7-4-3-6-12(13)10-15(14,11-17-2)8-5-9-16-14/h3-4,6-7,16H,5,8-11H2,1-2H3/t14-,15+/m0/s1. The number of methoxy groups -OCH3 is 1. The van der Waals surface area contributed by atoms with E-state index in [0.717, 1.165) is 19.6 Å². The Morgan fingerprint density at radius 3 is 3.00 bits per heavy atom. The number of ether oxygens (including phenoxy) is 1. The van der Waals surface area contributed by atoms with Crippen molar-refractivity contribution in [3.63, 3.8) is 0 Å². The first-order valence-corrected chi connectivity index (χ1v) is 6.54. The van der Waals surface area contributed by atoms with E-state index in [9.17, 15) is 0 Å². The summed E-state index contributed by atoms with van der Waals surface area (Å²) in [6, 6.07) is 8.87. The first-order chi connectivity index (χ1) is 8.22. The molecule has 3 rings (SSSR count). The summed E-state index contributed by atoms with van der Waals surface area (Å²) in [6.45, 7) is 4.33.